The maximum atomic E-state index is 4.10. The molecule has 10 heavy (non-hydrogen) atoms. The standard InChI is InChI=1S/C7H9N3/c1-4-7-8-5(2)6(3)9-10-7/h4H,1H2,2-3H3. The van der Waals surface area contributed by atoms with Crippen LogP contribution in [-0.2, 0) is 0 Å². The van der Waals surface area contributed by atoms with Crippen molar-refractivity contribution in [3.63, 3.8) is 0 Å². The van der Waals surface area contributed by atoms with E-state index in [0.29, 0.717) is 5.82 Å². The van der Waals surface area contributed by atoms with Crippen LogP contribution in [0.2, 0.25) is 0 Å². The summed E-state index contributed by atoms with van der Waals surface area (Å²) >= 11 is 0. The second-order valence-corrected chi connectivity index (χ2v) is 2.04. The van der Waals surface area contributed by atoms with Crippen molar-refractivity contribution >= 4 is 6.08 Å². The lowest BCUT2D eigenvalue weighted by Gasteiger charge is -1.95. The quantitative estimate of drug-likeness (QED) is 0.579. The van der Waals surface area contributed by atoms with Gasteiger partial charge in [-0.15, -0.1) is 5.10 Å². The van der Waals surface area contributed by atoms with Crippen LogP contribution in [0.15, 0.2) is 6.58 Å². The Labute approximate surface area is 59.8 Å². The lowest BCUT2D eigenvalue weighted by molar-refractivity contribution is 0.882. The van der Waals surface area contributed by atoms with Crippen molar-refractivity contribution in [2.24, 2.45) is 0 Å². The molecular weight excluding hydrogens is 126 g/mol. The molecule has 3 nitrogen and oxygen atoms in total. The molecular formula is C7H9N3. The number of aryl methyl sites for hydroxylation is 2. The molecule has 52 valence electrons. The highest BCUT2D eigenvalue weighted by atomic mass is 15.2. The summed E-state index contributed by atoms with van der Waals surface area (Å²) in [6.07, 6.45) is 1.58. The van der Waals surface area contributed by atoms with Gasteiger partial charge < -0.3 is 0 Å². The van der Waals surface area contributed by atoms with E-state index >= 15 is 0 Å². The van der Waals surface area contributed by atoms with Crippen molar-refractivity contribution in [2.75, 3.05) is 0 Å². The Hall–Kier alpha value is -1.25. The molecule has 1 aromatic rings. The van der Waals surface area contributed by atoms with Crippen LogP contribution < -0.4 is 0 Å². The van der Waals surface area contributed by atoms with Crippen LogP contribution in [0.3, 0.4) is 0 Å². The van der Waals surface area contributed by atoms with E-state index in [4.69, 9.17) is 0 Å². The van der Waals surface area contributed by atoms with Crippen molar-refractivity contribution in [1.29, 1.82) is 0 Å². The molecule has 0 aliphatic heterocycles. The fourth-order valence-electron chi connectivity index (χ4n) is 0.560. The van der Waals surface area contributed by atoms with E-state index in [9.17, 15) is 0 Å². The second-order valence-electron chi connectivity index (χ2n) is 2.04. The third-order valence-corrected chi connectivity index (χ3v) is 1.29. The molecule has 0 N–H and O–H groups in total. The van der Waals surface area contributed by atoms with Gasteiger partial charge in [-0.2, -0.15) is 5.10 Å². The van der Waals surface area contributed by atoms with E-state index in [1.807, 2.05) is 13.8 Å². The Morgan fingerprint density at radius 3 is 2.40 bits per heavy atom. The van der Waals surface area contributed by atoms with Crippen molar-refractivity contribution in [3.05, 3.63) is 23.8 Å². The fraction of sp³-hybridized carbons (Fsp3) is 0.286. The molecule has 3 heteroatoms. The van der Waals surface area contributed by atoms with Crippen molar-refractivity contribution in [3.8, 4) is 0 Å². The normalized spacial score (nSPS) is 9.40. The van der Waals surface area contributed by atoms with Crippen LogP contribution in [0.4, 0.5) is 0 Å². The molecule has 1 aromatic heterocycles. The summed E-state index contributed by atoms with van der Waals surface area (Å²) in [6, 6.07) is 0. The van der Waals surface area contributed by atoms with E-state index in [1.54, 1.807) is 6.08 Å². The van der Waals surface area contributed by atoms with Gasteiger partial charge in [0.05, 0.1) is 11.4 Å². The van der Waals surface area contributed by atoms with Crippen LogP contribution in [0.1, 0.15) is 17.2 Å². The molecule has 1 rings (SSSR count). The van der Waals surface area contributed by atoms with Gasteiger partial charge >= 0.3 is 0 Å². The minimum absolute atomic E-state index is 0.586. The van der Waals surface area contributed by atoms with Gasteiger partial charge in [0.25, 0.3) is 0 Å². The lowest BCUT2D eigenvalue weighted by atomic mass is 10.4. The lowest BCUT2D eigenvalue weighted by Crippen LogP contribution is -1.97. The van der Waals surface area contributed by atoms with Gasteiger partial charge in [0, 0.05) is 0 Å². The minimum Gasteiger partial charge on any atom is -0.230 e. The van der Waals surface area contributed by atoms with Crippen LogP contribution >= 0.6 is 0 Å². The Morgan fingerprint density at radius 2 is 1.90 bits per heavy atom. The predicted octanol–water partition coefficient (Wildman–Crippen LogP) is 1.13. The van der Waals surface area contributed by atoms with Gasteiger partial charge in [-0.1, -0.05) is 6.58 Å². The summed E-state index contributed by atoms with van der Waals surface area (Å²) in [5.74, 6) is 0.586. The smallest absolute Gasteiger partial charge is 0.174 e. The zero-order valence-electron chi connectivity index (χ0n) is 6.13. The second kappa shape index (κ2) is 2.56. The van der Waals surface area contributed by atoms with E-state index in [2.05, 4.69) is 21.8 Å². The molecule has 0 aromatic carbocycles. The Morgan fingerprint density at radius 1 is 1.20 bits per heavy atom. The van der Waals surface area contributed by atoms with Gasteiger partial charge in [0.1, 0.15) is 0 Å². The van der Waals surface area contributed by atoms with Crippen LogP contribution in [0.5, 0.6) is 0 Å². The molecule has 0 spiro atoms. The highest BCUT2D eigenvalue weighted by molar-refractivity contribution is 5.35. The van der Waals surface area contributed by atoms with E-state index in [1.165, 1.54) is 0 Å². The van der Waals surface area contributed by atoms with Gasteiger partial charge in [-0.25, -0.2) is 4.98 Å². The molecule has 0 saturated carbocycles. The van der Waals surface area contributed by atoms with Crippen LogP contribution in [0.25, 0.3) is 6.08 Å². The van der Waals surface area contributed by atoms with E-state index in [-0.39, 0.29) is 0 Å². The zero-order valence-corrected chi connectivity index (χ0v) is 6.13. The number of aromatic nitrogens is 3. The van der Waals surface area contributed by atoms with Gasteiger partial charge in [-0.3, -0.25) is 0 Å². The molecule has 0 atom stereocenters. The van der Waals surface area contributed by atoms with Crippen LogP contribution in [0, 0.1) is 13.8 Å². The van der Waals surface area contributed by atoms with Crippen molar-refractivity contribution in [1.82, 2.24) is 15.2 Å². The first-order valence-corrected chi connectivity index (χ1v) is 3.04. The monoisotopic (exact) mass is 135 g/mol. The van der Waals surface area contributed by atoms with Crippen molar-refractivity contribution in [2.45, 2.75) is 13.8 Å². The summed E-state index contributed by atoms with van der Waals surface area (Å²) in [7, 11) is 0. The Kier molecular flexibility index (Phi) is 1.76. The Bertz CT molecular complexity index is 255. The molecule has 0 unspecified atom stereocenters. The maximum Gasteiger partial charge on any atom is 0.174 e. The van der Waals surface area contributed by atoms with Gasteiger partial charge in [-0.05, 0) is 19.9 Å². The highest BCUT2D eigenvalue weighted by Gasteiger charge is 1.95. The largest absolute Gasteiger partial charge is 0.230 e. The molecule has 0 bridgehead atoms. The van der Waals surface area contributed by atoms with Gasteiger partial charge in [0.15, 0.2) is 5.82 Å². The zero-order chi connectivity index (χ0) is 7.56. The number of hydrogen-bond acceptors (Lipinski definition) is 3. The predicted molar refractivity (Wildman–Crippen MR) is 39.4 cm³/mol. The van der Waals surface area contributed by atoms with E-state index in [0.717, 1.165) is 11.4 Å². The summed E-state index contributed by atoms with van der Waals surface area (Å²) in [5, 5.41) is 7.64. The summed E-state index contributed by atoms with van der Waals surface area (Å²) < 4.78 is 0. The molecule has 0 aliphatic rings. The topological polar surface area (TPSA) is 38.7 Å². The molecule has 0 aliphatic carbocycles. The number of hydrogen-bond donors (Lipinski definition) is 0. The third-order valence-electron chi connectivity index (χ3n) is 1.29. The average molecular weight is 135 g/mol. The number of nitrogens with zero attached hydrogens (tertiary/aromatic N) is 3. The molecule has 0 radical (unpaired) electrons. The van der Waals surface area contributed by atoms with Gasteiger partial charge in [0.2, 0.25) is 0 Å². The minimum atomic E-state index is 0.586. The summed E-state index contributed by atoms with van der Waals surface area (Å²) in [5.41, 5.74) is 1.77. The van der Waals surface area contributed by atoms with E-state index < -0.39 is 0 Å². The van der Waals surface area contributed by atoms with Crippen molar-refractivity contribution < 1.29 is 0 Å². The molecule has 0 fully saturated rings. The van der Waals surface area contributed by atoms with Crippen LogP contribution in [-0.4, -0.2) is 15.2 Å². The first kappa shape index (κ1) is 6.86. The third kappa shape index (κ3) is 1.18. The first-order valence-electron chi connectivity index (χ1n) is 3.04. The fourth-order valence-corrected chi connectivity index (χ4v) is 0.560. The highest BCUT2D eigenvalue weighted by Crippen LogP contribution is 1.97. The number of rotatable bonds is 1. The average Bonchev–Trinajstić information content (AvgIpc) is 1.95. The molecule has 0 amide bonds. The summed E-state index contributed by atoms with van der Waals surface area (Å²) in [4.78, 5) is 4.10. The Balaban J connectivity index is 3.16. The summed E-state index contributed by atoms with van der Waals surface area (Å²) in [6.45, 7) is 7.31. The SMILES string of the molecule is C=Cc1nnc(C)c(C)n1. The maximum absolute atomic E-state index is 4.10. The first-order chi connectivity index (χ1) is 4.74. The molecule has 1 heterocycles. The molecule has 0 saturated heterocycles.